The zero-order valence-corrected chi connectivity index (χ0v) is 11.3. The van der Waals surface area contributed by atoms with Crippen molar-refractivity contribution >= 4 is 11.6 Å². The average Bonchev–Trinajstić information content (AvgIpc) is 2.87. The summed E-state index contributed by atoms with van der Waals surface area (Å²) in [4.78, 5) is 14.6. The Balaban J connectivity index is 2.25. The second-order valence-corrected chi connectivity index (χ2v) is 5.12. The molecule has 1 aromatic rings. The quantitative estimate of drug-likeness (QED) is 0.833. The van der Waals surface area contributed by atoms with E-state index in [1.807, 2.05) is 36.9 Å². The summed E-state index contributed by atoms with van der Waals surface area (Å²) in [6, 6.07) is 6.07. The highest BCUT2D eigenvalue weighted by Crippen LogP contribution is 2.26. The van der Waals surface area contributed by atoms with Gasteiger partial charge in [-0.2, -0.15) is 0 Å². The molecule has 0 heterocycles. The molecule has 1 amide bonds. The van der Waals surface area contributed by atoms with Crippen molar-refractivity contribution in [2.24, 2.45) is 0 Å². The lowest BCUT2D eigenvalue weighted by atomic mass is 10.1. The van der Waals surface area contributed by atoms with Crippen molar-refractivity contribution in [1.29, 1.82) is 0 Å². The molecule has 2 N–H and O–H groups in total. The molecular weight excluding hydrogens is 224 g/mol. The summed E-state index contributed by atoms with van der Waals surface area (Å²) < 4.78 is 0. The number of hydrogen-bond acceptors (Lipinski definition) is 2. The van der Waals surface area contributed by atoms with Crippen LogP contribution in [0.5, 0.6) is 0 Å². The molecule has 0 spiro atoms. The van der Waals surface area contributed by atoms with Crippen LogP contribution in [0.25, 0.3) is 0 Å². The number of aryl methyl sites for hydroxylation is 1. The van der Waals surface area contributed by atoms with E-state index in [4.69, 9.17) is 5.73 Å². The normalized spacial score (nSPS) is 15.9. The van der Waals surface area contributed by atoms with Crippen molar-refractivity contribution in [3.05, 3.63) is 29.3 Å². The minimum atomic E-state index is 0.0885. The van der Waals surface area contributed by atoms with Crippen molar-refractivity contribution in [2.45, 2.75) is 45.6 Å². The fraction of sp³-hybridized carbons (Fsp3) is 0.533. The Morgan fingerprint density at radius 3 is 2.67 bits per heavy atom. The first-order valence-electron chi connectivity index (χ1n) is 6.80. The van der Waals surface area contributed by atoms with Gasteiger partial charge in [0.05, 0.1) is 5.56 Å². The van der Waals surface area contributed by atoms with Crippen molar-refractivity contribution in [2.75, 3.05) is 12.3 Å². The largest absolute Gasteiger partial charge is 0.398 e. The van der Waals surface area contributed by atoms with Crippen LogP contribution in [0.4, 0.5) is 5.69 Å². The summed E-state index contributed by atoms with van der Waals surface area (Å²) in [7, 11) is 0. The predicted octanol–water partition coefficient (Wildman–Crippen LogP) is 2.98. The molecule has 0 saturated heterocycles. The Labute approximate surface area is 109 Å². The number of anilines is 1. The molecule has 1 aromatic carbocycles. The number of carbonyl (C=O) groups is 1. The lowest BCUT2D eigenvalue weighted by Gasteiger charge is -2.28. The number of amides is 1. The first-order valence-corrected chi connectivity index (χ1v) is 6.80. The standard InChI is InChI=1S/C15H22N2O/c1-3-17(12-6-4-5-7-12)15(18)13-10-11(2)8-9-14(13)16/h8-10,12H,3-7,16H2,1-2H3. The minimum Gasteiger partial charge on any atom is -0.398 e. The van der Waals surface area contributed by atoms with Crippen molar-refractivity contribution in [1.82, 2.24) is 4.90 Å². The second-order valence-electron chi connectivity index (χ2n) is 5.12. The van der Waals surface area contributed by atoms with Crippen LogP contribution in [-0.2, 0) is 0 Å². The summed E-state index contributed by atoms with van der Waals surface area (Å²) in [5.41, 5.74) is 8.25. The van der Waals surface area contributed by atoms with E-state index in [0.717, 1.165) is 24.9 Å². The number of rotatable bonds is 3. The second kappa shape index (κ2) is 5.42. The van der Waals surface area contributed by atoms with Crippen LogP contribution in [-0.4, -0.2) is 23.4 Å². The highest BCUT2D eigenvalue weighted by molar-refractivity contribution is 5.99. The van der Waals surface area contributed by atoms with Gasteiger partial charge < -0.3 is 10.6 Å². The number of nitrogens with two attached hydrogens (primary N) is 1. The third kappa shape index (κ3) is 2.50. The third-order valence-corrected chi connectivity index (χ3v) is 3.81. The Morgan fingerprint density at radius 2 is 2.06 bits per heavy atom. The zero-order chi connectivity index (χ0) is 13.1. The predicted molar refractivity (Wildman–Crippen MR) is 74.6 cm³/mol. The molecule has 0 unspecified atom stereocenters. The van der Waals surface area contributed by atoms with Gasteiger partial charge in [-0.05, 0) is 38.8 Å². The van der Waals surface area contributed by atoms with Gasteiger partial charge in [0.25, 0.3) is 5.91 Å². The highest BCUT2D eigenvalue weighted by Gasteiger charge is 2.27. The van der Waals surface area contributed by atoms with Gasteiger partial charge in [0.2, 0.25) is 0 Å². The minimum absolute atomic E-state index is 0.0885. The number of nitrogens with zero attached hydrogens (tertiary/aromatic N) is 1. The fourth-order valence-corrected chi connectivity index (χ4v) is 2.79. The van der Waals surface area contributed by atoms with Gasteiger partial charge in [0.15, 0.2) is 0 Å². The van der Waals surface area contributed by atoms with E-state index in [0.29, 0.717) is 17.3 Å². The van der Waals surface area contributed by atoms with Gasteiger partial charge >= 0.3 is 0 Å². The van der Waals surface area contributed by atoms with Crippen LogP contribution in [0.1, 0.15) is 48.5 Å². The molecule has 0 aliphatic heterocycles. The third-order valence-electron chi connectivity index (χ3n) is 3.81. The summed E-state index contributed by atoms with van der Waals surface area (Å²) in [6.45, 7) is 4.79. The van der Waals surface area contributed by atoms with E-state index in [1.165, 1.54) is 12.8 Å². The Kier molecular flexibility index (Phi) is 3.90. The molecule has 0 atom stereocenters. The number of nitrogen functional groups attached to an aromatic ring is 1. The molecule has 1 fully saturated rings. The van der Waals surface area contributed by atoms with E-state index in [2.05, 4.69) is 0 Å². The van der Waals surface area contributed by atoms with Crippen LogP contribution in [0, 0.1) is 6.92 Å². The smallest absolute Gasteiger partial charge is 0.256 e. The number of carbonyl (C=O) groups excluding carboxylic acids is 1. The van der Waals surface area contributed by atoms with E-state index in [-0.39, 0.29) is 5.91 Å². The Morgan fingerprint density at radius 1 is 1.39 bits per heavy atom. The summed E-state index contributed by atoms with van der Waals surface area (Å²) in [5, 5.41) is 0. The average molecular weight is 246 g/mol. The number of benzene rings is 1. The van der Waals surface area contributed by atoms with E-state index in [1.54, 1.807) is 0 Å². The van der Waals surface area contributed by atoms with Crippen molar-refractivity contribution < 1.29 is 4.79 Å². The number of hydrogen-bond donors (Lipinski definition) is 1. The maximum Gasteiger partial charge on any atom is 0.256 e. The van der Waals surface area contributed by atoms with Crippen LogP contribution >= 0.6 is 0 Å². The van der Waals surface area contributed by atoms with Crippen molar-refractivity contribution in [3.8, 4) is 0 Å². The van der Waals surface area contributed by atoms with Gasteiger partial charge in [-0.3, -0.25) is 4.79 Å². The van der Waals surface area contributed by atoms with E-state index in [9.17, 15) is 4.79 Å². The summed E-state index contributed by atoms with van der Waals surface area (Å²) in [6.07, 6.45) is 4.73. The molecule has 2 rings (SSSR count). The van der Waals surface area contributed by atoms with E-state index < -0.39 is 0 Å². The van der Waals surface area contributed by atoms with Gasteiger partial charge in [0.1, 0.15) is 0 Å². The lowest BCUT2D eigenvalue weighted by molar-refractivity contribution is 0.0694. The molecule has 18 heavy (non-hydrogen) atoms. The first-order chi connectivity index (χ1) is 8.63. The van der Waals surface area contributed by atoms with Gasteiger partial charge in [-0.1, -0.05) is 24.5 Å². The van der Waals surface area contributed by atoms with Gasteiger partial charge in [-0.25, -0.2) is 0 Å². The van der Waals surface area contributed by atoms with Gasteiger partial charge in [-0.15, -0.1) is 0 Å². The molecule has 98 valence electrons. The van der Waals surface area contributed by atoms with Crippen LogP contribution in [0.15, 0.2) is 18.2 Å². The summed E-state index contributed by atoms with van der Waals surface area (Å²) >= 11 is 0. The maximum atomic E-state index is 12.6. The van der Waals surface area contributed by atoms with Crippen LogP contribution < -0.4 is 5.73 Å². The molecule has 0 aromatic heterocycles. The molecule has 0 radical (unpaired) electrons. The van der Waals surface area contributed by atoms with Crippen molar-refractivity contribution in [3.63, 3.8) is 0 Å². The Hall–Kier alpha value is -1.51. The summed E-state index contributed by atoms with van der Waals surface area (Å²) in [5.74, 6) is 0.0885. The zero-order valence-electron chi connectivity index (χ0n) is 11.3. The monoisotopic (exact) mass is 246 g/mol. The molecule has 1 saturated carbocycles. The van der Waals surface area contributed by atoms with Crippen LogP contribution in [0.3, 0.4) is 0 Å². The SMILES string of the molecule is CCN(C(=O)c1cc(C)ccc1N)C1CCCC1. The maximum absolute atomic E-state index is 12.6. The lowest BCUT2D eigenvalue weighted by Crippen LogP contribution is -2.39. The Bertz CT molecular complexity index is 436. The topological polar surface area (TPSA) is 46.3 Å². The molecule has 1 aliphatic rings. The molecular formula is C15H22N2O. The van der Waals surface area contributed by atoms with E-state index >= 15 is 0 Å². The van der Waals surface area contributed by atoms with Crippen LogP contribution in [0.2, 0.25) is 0 Å². The fourth-order valence-electron chi connectivity index (χ4n) is 2.79. The van der Waals surface area contributed by atoms with Gasteiger partial charge in [0, 0.05) is 18.3 Å². The molecule has 3 heteroatoms. The highest BCUT2D eigenvalue weighted by atomic mass is 16.2. The molecule has 0 bridgehead atoms. The molecule has 3 nitrogen and oxygen atoms in total. The first kappa shape index (κ1) is 12.9. The molecule has 1 aliphatic carbocycles.